The van der Waals surface area contributed by atoms with Gasteiger partial charge in [-0.1, -0.05) is 39.8 Å². The van der Waals surface area contributed by atoms with E-state index in [1.54, 1.807) is 0 Å². The van der Waals surface area contributed by atoms with Gasteiger partial charge in [-0.05, 0) is 36.9 Å². The smallest absolute Gasteiger partial charge is 0.191 e. The third-order valence-corrected chi connectivity index (χ3v) is 8.28. The van der Waals surface area contributed by atoms with Gasteiger partial charge in [-0.15, -0.1) is 0 Å². The second kappa shape index (κ2) is 6.71. The van der Waals surface area contributed by atoms with Crippen molar-refractivity contribution < 1.29 is 9.53 Å². The van der Waals surface area contributed by atoms with E-state index in [-0.39, 0.29) is 11.6 Å². The fraction of sp³-hybridized carbons (Fsp3) is 0.857. The Hall–Kier alpha value is -0.123. The molecule has 3 heteroatoms. The number of aliphatic hydroxyl groups is 1. The first kappa shape index (κ1) is 16.9. The van der Waals surface area contributed by atoms with Crippen LogP contribution in [0.4, 0.5) is 0 Å². The summed E-state index contributed by atoms with van der Waals surface area (Å²) in [7, 11) is -1.59. The van der Waals surface area contributed by atoms with Crippen molar-refractivity contribution >= 4 is 8.32 Å². The van der Waals surface area contributed by atoms with E-state index in [0.29, 0.717) is 5.92 Å². The zero-order chi connectivity index (χ0) is 13.7. The SMILES string of the molecule is C=C(CO)C[C@@H](C)CCO[Si](C)(C)C(C)(C)C. The van der Waals surface area contributed by atoms with Gasteiger partial charge >= 0.3 is 0 Å². The lowest BCUT2D eigenvalue weighted by atomic mass is 10.00. The highest BCUT2D eigenvalue weighted by molar-refractivity contribution is 6.74. The summed E-state index contributed by atoms with van der Waals surface area (Å²) in [5.74, 6) is 0.541. The molecular weight excluding hydrogens is 228 g/mol. The quantitative estimate of drug-likeness (QED) is 0.553. The van der Waals surface area contributed by atoms with Gasteiger partial charge < -0.3 is 9.53 Å². The Balaban J connectivity index is 3.95. The lowest BCUT2D eigenvalue weighted by molar-refractivity contribution is 0.255. The van der Waals surface area contributed by atoms with E-state index in [4.69, 9.17) is 9.53 Å². The van der Waals surface area contributed by atoms with Crippen molar-refractivity contribution in [2.45, 2.75) is 58.7 Å². The molecule has 0 radical (unpaired) electrons. The number of hydrogen-bond acceptors (Lipinski definition) is 2. The lowest BCUT2D eigenvalue weighted by Crippen LogP contribution is -2.41. The Morgan fingerprint density at radius 2 is 1.88 bits per heavy atom. The van der Waals surface area contributed by atoms with Crippen LogP contribution in [0.25, 0.3) is 0 Å². The van der Waals surface area contributed by atoms with Gasteiger partial charge in [0, 0.05) is 6.61 Å². The summed E-state index contributed by atoms with van der Waals surface area (Å²) in [4.78, 5) is 0. The van der Waals surface area contributed by atoms with Crippen LogP contribution in [0.5, 0.6) is 0 Å². The van der Waals surface area contributed by atoms with Crippen LogP contribution < -0.4 is 0 Å². The van der Waals surface area contributed by atoms with Crippen LogP contribution in [-0.4, -0.2) is 26.6 Å². The first-order valence-electron chi connectivity index (χ1n) is 6.51. The maximum atomic E-state index is 8.92. The minimum atomic E-state index is -1.59. The summed E-state index contributed by atoms with van der Waals surface area (Å²) in [5, 5.41) is 9.20. The number of aliphatic hydroxyl groups excluding tert-OH is 1. The molecule has 0 saturated heterocycles. The van der Waals surface area contributed by atoms with Gasteiger partial charge in [0.25, 0.3) is 0 Å². The molecule has 0 unspecified atom stereocenters. The molecule has 0 fully saturated rings. The van der Waals surface area contributed by atoms with Crippen molar-refractivity contribution in [1.82, 2.24) is 0 Å². The third kappa shape index (κ3) is 6.39. The minimum Gasteiger partial charge on any atom is -0.417 e. The van der Waals surface area contributed by atoms with Crippen molar-refractivity contribution in [2.24, 2.45) is 5.92 Å². The third-order valence-electron chi connectivity index (χ3n) is 3.74. The van der Waals surface area contributed by atoms with Crippen molar-refractivity contribution in [3.8, 4) is 0 Å². The predicted molar refractivity (Wildman–Crippen MR) is 77.8 cm³/mol. The topological polar surface area (TPSA) is 29.5 Å². The number of hydrogen-bond donors (Lipinski definition) is 1. The highest BCUT2D eigenvalue weighted by Gasteiger charge is 2.36. The van der Waals surface area contributed by atoms with Gasteiger partial charge in [0.05, 0.1) is 6.61 Å². The van der Waals surface area contributed by atoms with E-state index in [2.05, 4.69) is 47.4 Å². The van der Waals surface area contributed by atoms with E-state index >= 15 is 0 Å². The van der Waals surface area contributed by atoms with Gasteiger partial charge in [0.1, 0.15) is 0 Å². The normalized spacial score (nSPS) is 14.8. The fourth-order valence-electron chi connectivity index (χ4n) is 1.39. The van der Waals surface area contributed by atoms with Crippen LogP contribution in [0.1, 0.15) is 40.5 Å². The summed E-state index contributed by atoms with van der Waals surface area (Å²) >= 11 is 0. The second-order valence-electron chi connectivity index (χ2n) is 6.61. The van der Waals surface area contributed by atoms with Gasteiger partial charge in [0.2, 0.25) is 0 Å². The zero-order valence-corrected chi connectivity index (χ0v) is 13.5. The molecule has 0 bridgehead atoms. The average Bonchev–Trinajstić information content (AvgIpc) is 2.15. The van der Waals surface area contributed by atoms with Crippen molar-refractivity contribution in [3.63, 3.8) is 0 Å². The average molecular weight is 258 g/mol. The summed E-state index contributed by atoms with van der Waals surface area (Å²) < 4.78 is 6.13. The summed E-state index contributed by atoms with van der Waals surface area (Å²) in [5.41, 5.74) is 0.921. The Morgan fingerprint density at radius 3 is 2.29 bits per heavy atom. The molecule has 1 N–H and O–H groups in total. The van der Waals surface area contributed by atoms with E-state index in [0.717, 1.165) is 25.0 Å². The van der Waals surface area contributed by atoms with Crippen molar-refractivity contribution in [2.75, 3.05) is 13.2 Å². The van der Waals surface area contributed by atoms with Crippen molar-refractivity contribution in [1.29, 1.82) is 0 Å². The van der Waals surface area contributed by atoms with Gasteiger partial charge in [0.15, 0.2) is 8.32 Å². The molecule has 0 aromatic carbocycles. The monoisotopic (exact) mass is 258 g/mol. The van der Waals surface area contributed by atoms with Gasteiger partial charge in [-0.2, -0.15) is 0 Å². The minimum absolute atomic E-state index is 0.105. The number of rotatable bonds is 7. The van der Waals surface area contributed by atoms with E-state index < -0.39 is 8.32 Å². The first-order chi connectivity index (χ1) is 7.60. The molecule has 0 aromatic heterocycles. The summed E-state index contributed by atoms with van der Waals surface area (Å²) in [6.07, 6.45) is 1.95. The summed E-state index contributed by atoms with van der Waals surface area (Å²) in [6, 6.07) is 0. The highest BCUT2D eigenvalue weighted by Crippen LogP contribution is 2.36. The lowest BCUT2D eigenvalue weighted by Gasteiger charge is -2.36. The Morgan fingerprint density at radius 1 is 1.35 bits per heavy atom. The van der Waals surface area contributed by atoms with E-state index in [1.165, 1.54) is 0 Å². The van der Waals surface area contributed by atoms with E-state index in [1.807, 2.05) is 0 Å². The molecule has 0 spiro atoms. The van der Waals surface area contributed by atoms with Crippen LogP contribution in [0, 0.1) is 5.92 Å². The zero-order valence-electron chi connectivity index (χ0n) is 12.5. The van der Waals surface area contributed by atoms with E-state index in [9.17, 15) is 0 Å². The Kier molecular flexibility index (Phi) is 6.67. The molecule has 0 aliphatic heterocycles. The Labute approximate surface area is 108 Å². The largest absolute Gasteiger partial charge is 0.417 e. The van der Waals surface area contributed by atoms with Crippen LogP contribution >= 0.6 is 0 Å². The molecule has 17 heavy (non-hydrogen) atoms. The molecule has 1 atom stereocenters. The molecular formula is C14H30O2Si. The predicted octanol–water partition coefficient (Wildman–Crippen LogP) is 3.97. The molecule has 0 saturated carbocycles. The highest BCUT2D eigenvalue weighted by atomic mass is 28.4. The Bertz CT molecular complexity index is 241. The molecule has 102 valence electrons. The first-order valence-corrected chi connectivity index (χ1v) is 9.42. The van der Waals surface area contributed by atoms with Crippen LogP contribution in [-0.2, 0) is 4.43 Å². The molecule has 0 rings (SSSR count). The van der Waals surface area contributed by atoms with Crippen LogP contribution in [0.3, 0.4) is 0 Å². The molecule has 0 aliphatic rings. The summed E-state index contributed by atoms with van der Waals surface area (Å²) in [6.45, 7) is 18.3. The molecule has 0 aromatic rings. The van der Waals surface area contributed by atoms with Gasteiger partial charge in [-0.3, -0.25) is 0 Å². The maximum Gasteiger partial charge on any atom is 0.191 e. The van der Waals surface area contributed by atoms with Gasteiger partial charge in [-0.25, -0.2) is 0 Å². The molecule has 0 aliphatic carbocycles. The maximum absolute atomic E-state index is 8.92. The van der Waals surface area contributed by atoms with Crippen LogP contribution in [0.15, 0.2) is 12.2 Å². The fourth-order valence-corrected chi connectivity index (χ4v) is 2.45. The van der Waals surface area contributed by atoms with Crippen molar-refractivity contribution in [3.05, 3.63) is 12.2 Å². The second-order valence-corrected chi connectivity index (χ2v) is 11.4. The van der Waals surface area contributed by atoms with Crippen LogP contribution in [0.2, 0.25) is 18.1 Å². The molecule has 0 heterocycles. The standard InChI is InChI=1S/C14H30O2Si/c1-12(10-13(2)11-15)8-9-16-17(6,7)14(3,4)5/h12,15H,2,8-11H2,1,3-7H3/t12-/m0/s1. The molecule has 2 nitrogen and oxygen atoms in total. The molecule has 0 amide bonds.